The van der Waals surface area contributed by atoms with Gasteiger partial charge in [0.1, 0.15) is 0 Å². The minimum Gasteiger partial charge on any atom is -0.469 e. The zero-order valence-corrected chi connectivity index (χ0v) is 9.77. The minimum atomic E-state index is -0.264. The Labute approximate surface area is 93.9 Å². The molecule has 0 atom stereocenters. The zero-order chi connectivity index (χ0) is 11.3. The Kier molecular flexibility index (Phi) is 4.45. The molecular formula is C10H17NO3S. The van der Waals surface area contributed by atoms with E-state index in [4.69, 9.17) is 5.73 Å². The Morgan fingerprint density at radius 3 is 2.60 bits per heavy atom. The molecule has 4 nitrogen and oxygen atoms in total. The normalized spacial score (nSPS) is 17.1. The molecule has 2 N–H and O–H groups in total. The van der Waals surface area contributed by atoms with Crippen LogP contribution in [0.25, 0.3) is 0 Å². The van der Waals surface area contributed by atoms with Crippen LogP contribution in [0.3, 0.4) is 0 Å². The second-order valence-electron chi connectivity index (χ2n) is 4.02. The van der Waals surface area contributed by atoms with Gasteiger partial charge in [-0.15, -0.1) is 0 Å². The van der Waals surface area contributed by atoms with Gasteiger partial charge in [-0.25, -0.2) is 0 Å². The predicted molar refractivity (Wildman–Crippen MR) is 59.4 cm³/mol. The Balaban J connectivity index is 2.14. The summed E-state index contributed by atoms with van der Waals surface area (Å²) in [4.78, 5) is 21.6. The zero-order valence-electron chi connectivity index (χ0n) is 8.95. The van der Waals surface area contributed by atoms with Gasteiger partial charge >= 0.3 is 5.97 Å². The van der Waals surface area contributed by atoms with Crippen molar-refractivity contribution in [2.45, 2.75) is 25.7 Å². The quantitative estimate of drug-likeness (QED) is 0.523. The van der Waals surface area contributed by atoms with Crippen molar-refractivity contribution in [3.05, 3.63) is 0 Å². The van der Waals surface area contributed by atoms with E-state index < -0.39 is 0 Å². The van der Waals surface area contributed by atoms with Gasteiger partial charge in [0.05, 0.1) is 13.5 Å². The molecule has 86 valence electrons. The maximum atomic E-state index is 11.1. The molecule has 1 fully saturated rings. The van der Waals surface area contributed by atoms with E-state index in [1.165, 1.54) is 7.11 Å². The second kappa shape index (κ2) is 5.39. The Bertz CT molecular complexity index is 251. The highest BCUT2D eigenvalue weighted by atomic mass is 32.2. The number of amides is 1. The molecule has 0 aromatic carbocycles. The summed E-state index contributed by atoms with van der Waals surface area (Å²) in [5.74, 6) is 1.27. The smallest absolute Gasteiger partial charge is 0.306 e. The lowest BCUT2D eigenvalue weighted by atomic mass is 10.1. The average molecular weight is 231 g/mol. The summed E-state index contributed by atoms with van der Waals surface area (Å²) >= 11 is 1.69. The Morgan fingerprint density at radius 1 is 1.47 bits per heavy atom. The first-order valence-corrected chi connectivity index (χ1v) is 6.16. The number of hydrogen-bond acceptors (Lipinski definition) is 4. The number of esters is 1. The second-order valence-corrected chi connectivity index (χ2v) is 5.13. The number of carbonyl (C=O) groups is 2. The van der Waals surface area contributed by atoms with Crippen LogP contribution in [-0.4, -0.2) is 30.5 Å². The minimum absolute atomic E-state index is 0.136. The summed E-state index contributed by atoms with van der Waals surface area (Å²) in [6, 6.07) is 0. The highest BCUT2D eigenvalue weighted by Crippen LogP contribution is 2.51. The third kappa shape index (κ3) is 4.55. The lowest BCUT2D eigenvalue weighted by Gasteiger charge is -2.12. The molecule has 0 heterocycles. The number of rotatable bonds is 7. The van der Waals surface area contributed by atoms with Crippen molar-refractivity contribution >= 4 is 23.6 Å². The summed E-state index contributed by atoms with van der Waals surface area (Å²) in [6.45, 7) is 0. The van der Waals surface area contributed by atoms with Crippen molar-refractivity contribution in [3.63, 3.8) is 0 Å². The summed E-state index contributed by atoms with van der Waals surface area (Å²) in [6.07, 6.45) is 3.10. The van der Waals surface area contributed by atoms with E-state index in [0.29, 0.717) is 12.8 Å². The van der Waals surface area contributed by atoms with Crippen molar-refractivity contribution in [1.82, 2.24) is 0 Å². The van der Waals surface area contributed by atoms with Gasteiger partial charge in [0.2, 0.25) is 5.91 Å². The predicted octanol–water partition coefficient (Wildman–Crippen LogP) is 0.938. The monoisotopic (exact) mass is 231 g/mol. The maximum Gasteiger partial charge on any atom is 0.306 e. The molecule has 0 aromatic rings. The van der Waals surface area contributed by atoms with Crippen LogP contribution in [0.5, 0.6) is 0 Å². The van der Waals surface area contributed by atoms with E-state index in [2.05, 4.69) is 4.74 Å². The van der Waals surface area contributed by atoms with Crippen LogP contribution in [0.2, 0.25) is 0 Å². The molecule has 0 saturated heterocycles. The van der Waals surface area contributed by atoms with Gasteiger partial charge in [0, 0.05) is 12.2 Å². The van der Waals surface area contributed by atoms with E-state index in [9.17, 15) is 9.59 Å². The number of carbonyl (C=O) groups excluding carboxylic acids is 2. The van der Waals surface area contributed by atoms with E-state index >= 15 is 0 Å². The number of methoxy groups -OCH3 is 1. The average Bonchev–Trinajstić information content (AvgIpc) is 2.93. The van der Waals surface area contributed by atoms with E-state index in [0.717, 1.165) is 24.3 Å². The molecule has 1 saturated carbocycles. The highest BCUT2D eigenvalue weighted by molar-refractivity contribution is 7.99. The first-order chi connectivity index (χ1) is 7.08. The van der Waals surface area contributed by atoms with Crippen LogP contribution in [-0.2, 0) is 14.3 Å². The fraction of sp³-hybridized carbons (Fsp3) is 0.800. The molecule has 15 heavy (non-hydrogen) atoms. The molecule has 0 aliphatic heterocycles. The van der Waals surface area contributed by atoms with Crippen LogP contribution in [0.15, 0.2) is 0 Å². The van der Waals surface area contributed by atoms with Crippen molar-refractivity contribution in [1.29, 1.82) is 0 Å². The molecular weight excluding hydrogens is 214 g/mol. The number of ether oxygens (including phenoxy) is 1. The summed E-state index contributed by atoms with van der Waals surface area (Å²) < 4.78 is 4.65. The van der Waals surface area contributed by atoms with Gasteiger partial charge in [0.25, 0.3) is 0 Å². The molecule has 0 bridgehead atoms. The van der Waals surface area contributed by atoms with Crippen molar-refractivity contribution < 1.29 is 14.3 Å². The summed E-state index contributed by atoms with van der Waals surface area (Å²) in [5.41, 5.74) is 5.18. The number of primary amides is 1. The molecule has 0 unspecified atom stereocenters. The molecule has 1 rings (SSSR count). The van der Waals surface area contributed by atoms with Gasteiger partial charge < -0.3 is 10.5 Å². The number of thioether (sulfide) groups is 1. The Hall–Kier alpha value is -0.710. The third-order valence-corrected chi connectivity index (χ3v) is 3.91. The number of hydrogen-bond donors (Lipinski definition) is 1. The van der Waals surface area contributed by atoms with Crippen LogP contribution in [0.1, 0.15) is 25.7 Å². The highest BCUT2D eigenvalue weighted by Gasteiger charge is 2.44. The molecule has 1 aliphatic carbocycles. The molecule has 5 heteroatoms. The molecule has 0 aromatic heterocycles. The maximum absolute atomic E-state index is 11.1. The molecule has 0 spiro atoms. The number of nitrogens with two attached hydrogens (primary N) is 1. The van der Waals surface area contributed by atoms with Gasteiger partial charge in [-0.3, -0.25) is 9.59 Å². The third-order valence-electron chi connectivity index (χ3n) is 2.61. The molecule has 0 radical (unpaired) electrons. The van der Waals surface area contributed by atoms with Crippen LogP contribution >= 0.6 is 11.8 Å². The topological polar surface area (TPSA) is 69.4 Å². The van der Waals surface area contributed by atoms with E-state index in [-0.39, 0.29) is 17.3 Å². The Morgan fingerprint density at radius 2 is 2.13 bits per heavy atom. The van der Waals surface area contributed by atoms with Gasteiger partial charge in [-0.1, -0.05) is 0 Å². The summed E-state index contributed by atoms with van der Waals surface area (Å²) in [5, 5.41) is 0. The van der Waals surface area contributed by atoms with Crippen molar-refractivity contribution in [3.8, 4) is 0 Å². The largest absolute Gasteiger partial charge is 0.469 e. The van der Waals surface area contributed by atoms with Crippen molar-refractivity contribution in [2.24, 2.45) is 11.1 Å². The first kappa shape index (κ1) is 12.4. The van der Waals surface area contributed by atoms with E-state index in [1.807, 2.05) is 0 Å². The van der Waals surface area contributed by atoms with Crippen LogP contribution in [0.4, 0.5) is 0 Å². The first-order valence-electron chi connectivity index (χ1n) is 5.01. The molecule has 1 amide bonds. The van der Waals surface area contributed by atoms with Crippen LogP contribution < -0.4 is 5.73 Å². The standard InChI is InChI=1S/C10H17NO3S/c1-14-9(13)6-10(3-4-10)7-15-5-2-8(11)12/h2-7H2,1H3,(H2,11,12). The van der Waals surface area contributed by atoms with Gasteiger partial charge in [-0.05, 0) is 24.0 Å². The SMILES string of the molecule is COC(=O)CC1(CSCCC(N)=O)CC1. The molecule has 1 aliphatic rings. The summed E-state index contributed by atoms with van der Waals surface area (Å²) in [7, 11) is 1.42. The lowest BCUT2D eigenvalue weighted by molar-refractivity contribution is -0.141. The van der Waals surface area contributed by atoms with E-state index in [1.54, 1.807) is 11.8 Å². The lowest BCUT2D eigenvalue weighted by Crippen LogP contribution is -2.15. The van der Waals surface area contributed by atoms with Gasteiger partial charge in [0.15, 0.2) is 0 Å². The fourth-order valence-corrected chi connectivity index (χ4v) is 2.70. The van der Waals surface area contributed by atoms with Crippen LogP contribution in [0, 0.1) is 5.41 Å². The van der Waals surface area contributed by atoms with Crippen molar-refractivity contribution in [2.75, 3.05) is 18.6 Å². The van der Waals surface area contributed by atoms with Gasteiger partial charge in [-0.2, -0.15) is 11.8 Å². The fourth-order valence-electron chi connectivity index (χ4n) is 1.39.